The summed E-state index contributed by atoms with van der Waals surface area (Å²) < 4.78 is 0. The van der Waals surface area contributed by atoms with Crippen molar-refractivity contribution in [1.82, 2.24) is 0 Å². The van der Waals surface area contributed by atoms with Gasteiger partial charge in [-0.05, 0) is 37.5 Å². The van der Waals surface area contributed by atoms with Crippen LogP contribution >= 0.6 is 0 Å². The Bertz CT molecular complexity index is 278. The molecular formula is C15H24O2. The van der Waals surface area contributed by atoms with E-state index in [-0.39, 0.29) is 29.8 Å². The van der Waals surface area contributed by atoms with Gasteiger partial charge in [-0.1, -0.05) is 26.7 Å². The highest BCUT2D eigenvalue weighted by Crippen LogP contribution is 2.35. The summed E-state index contributed by atoms with van der Waals surface area (Å²) in [5, 5.41) is 0. The number of rotatable bonds is 4. The van der Waals surface area contributed by atoms with Crippen molar-refractivity contribution in [2.45, 2.75) is 58.8 Å². The lowest BCUT2D eigenvalue weighted by atomic mass is 9.86. The molecule has 0 aliphatic heterocycles. The summed E-state index contributed by atoms with van der Waals surface area (Å²) in [5.74, 6) is 1.79. The van der Waals surface area contributed by atoms with Gasteiger partial charge in [0.05, 0.1) is 6.42 Å². The first-order valence-corrected chi connectivity index (χ1v) is 7.15. The molecule has 2 heteroatoms. The fourth-order valence-electron chi connectivity index (χ4n) is 3.68. The predicted molar refractivity (Wildman–Crippen MR) is 67.6 cm³/mol. The molecule has 2 nitrogen and oxygen atoms in total. The lowest BCUT2D eigenvalue weighted by Gasteiger charge is -2.17. The first kappa shape index (κ1) is 12.8. The summed E-state index contributed by atoms with van der Waals surface area (Å²) in [6.45, 7) is 4.30. The highest BCUT2D eigenvalue weighted by atomic mass is 16.1. The van der Waals surface area contributed by atoms with E-state index in [2.05, 4.69) is 13.8 Å². The van der Waals surface area contributed by atoms with E-state index in [1.807, 2.05) is 0 Å². The Balaban J connectivity index is 1.88. The summed E-state index contributed by atoms with van der Waals surface area (Å²) in [6.07, 6.45) is 6.86. The maximum Gasteiger partial charge on any atom is 0.143 e. The maximum absolute atomic E-state index is 12.1. The largest absolute Gasteiger partial charge is 0.299 e. The van der Waals surface area contributed by atoms with Crippen LogP contribution < -0.4 is 0 Å². The molecule has 0 N–H and O–H groups in total. The maximum atomic E-state index is 12.1. The molecule has 2 fully saturated rings. The third kappa shape index (κ3) is 2.78. The van der Waals surface area contributed by atoms with Gasteiger partial charge >= 0.3 is 0 Å². The molecule has 0 aromatic heterocycles. The molecule has 2 rings (SSSR count). The Morgan fingerprint density at radius 3 is 1.53 bits per heavy atom. The number of hydrogen-bond acceptors (Lipinski definition) is 2. The van der Waals surface area contributed by atoms with E-state index in [9.17, 15) is 9.59 Å². The second kappa shape index (κ2) is 5.32. The lowest BCUT2D eigenvalue weighted by molar-refractivity contribution is -0.132. The second-order valence-electron chi connectivity index (χ2n) is 6.14. The number of carbonyl (C=O) groups excluding carboxylic acids is 2. The van der Waals surface area contributed by atoms with Gasteiger partial charge in [-0.3, -0.25) is 9.59 Å². The van der Waals surface area contributed by atoms with Crippen LogP contribution in [-0.4, -0.2) is 11.6 Å². The van der Waals surface area contributed by atoms with Gasteiger partial charge < -0.3 is 0 Å². The van der Waals surface area contributed by atoms with Crippen molar-refractivity contribution in [3.63, 3.8) is 0 Å². The molecule has 0 heterocycles. The molecule has 0 aromatic carbocycles. The molecule has 0 amide bonds. The topological polar surface area (TPSA) is 34.1 Å². The van der Waals surface area contributed by atoms with E-state index < -0.39 is 0 Å². The van der Waals surface area contributed by atoms with Crippen molar-refractivity contribution in [1.29, 1.82) is 0 Å². The first-order valence-electron chi connectivity index (χ1n) is 7.15. The zero-order chi connectivity index (χ0) is 12.4. The van der Waals surface area contributed by atoms with Gasteiger partial charge in [-0.25, -0.2) is 0 Å². The molecule has 0 bridgehead atoms. The highest BCUT2D eigenvalue weighted by Gasteiger charge is 2.34. The predicted octanol–water partition coefficient (Wildman–Crippen LogP) is 3.39. The van der Waals surface area contributed by atoms with E-state index in [4.69, 9.17) is 0 Å². The number of carbonyl (C=O) groups is 2. The van der Waals surface area contributed by atoms with Crippen LogP contribution in [0.5, 0.6) is 0 Å². The van der Waals surface area contributed by atoms with Gasteiger partial charge in [0, 0.05) is 11.8 Å². The summed E-state index contributed by atoms with van der Waals surface area (Å²) >= 11 is 0. The standard InChI is InChI=1S/C15H24O2/c1-10-5-3-7-12(10)14(16)9-15(17)13-8-4-6-11(13)2/h10-13H,3-9H2,1-2H3. The number of ketones is 2. The second-order valence-corrected chi connectivity index (χ2v) is 6.14. The molecule has 4 atom stereocenters. The smallest absolute Gasteiger partial charge is 0.143 e. The summed E-state index contributed by atoms with van der Waals surface area (Å²) in [5.41, 5.74) is 0. The van der Waals surface area contributed by atoms with Crippen molar-refractivity contribution >= 4 is 11.6 Å². The lowest BCUT2D eigenvalue weighted by Crippen LogP contribution is -2.25. The third-order valence-electron chi connectivity index (χ3n) is 4.90. The SMILES string of the molecule is CC1CCCC1C(=O)CC(=O)C1CCCC1C. The van der Waals surface area contributed by atoms with Crippen molar-refractivity contribution in [2.24, 2.45) is 23.7 Å². The van der Waals surface area contributed by atoms with Gasteiger partial charge in [0.15, 0.2) is 0 Å². The van der Waals surface area contributed by atoms with Crippen LogP contribution in [0.15, 0.2) is 0 Å². The van der Waals surface area contributed by atoms with Crippen LogP contribution in [0.4, 0.5) is 0 Å². The Morgan fingerprint density at radius 2 is 1.24 bits per heavy atom. The molecule has 2 aliphatic carbocycles. The molecule has 0 spiro atoms. The number of Topliss-reactive ketones (excluding diaryl/α,β-unsaturated/α-hetero) is 2. The molecule has 2 saturated carbocycles. The van der Waals surface area contributed by atoms with Gasteiger partial charge in [0.2, 0.25) is 0 Å². The average Bonchev–Trinajstić information content (AvgIpc) is 2.86. The number of hydrogen-bond donors (Lipinski definition) is 0. The van der Waals surface area contributed by atoms with Gasteiger partial charge in [-0.2, -0.15) is 0 Å². The highest BCUT2D eigenvalue weighted by molar-refractivity contribution is 6.01. The Labute approximate surface area is 104 Å². The molecule has 96 valence electrons. The fraction of sp³-hybridized carbons (Fsp3) is 0.867. The fourth-order valence-corrected chi connectivity index (χ4v) is 3.68. The van der Waals surface area contributed by atoms with Crippen molar-refractivity contribution < 1.29 is 9.59 Å². The molecular weight excluding hydrogens is 212 g/mol. The van der Waals surface area contributed by atoms with Crippen LogP contribution in [0, 0.1) is 23.7 Å². The monoisotopic (exact) mass is 236 g/mol. The van der Waals surface area contributed by atoms with Gasteiger partial charge in [0.1, 0.15) is 11.6 Å². The Hall–Kier alpha value is -0.660. The first-order chi connectivity index (χ1) is 8.09. The van der Waals surface area contributed by atoms with Crippen LogP contribution in [-0.2, 0) is 9.59 Å². The van der Waals surface area contributed by atoms with Crippen molar-refractivity contribution in [2.75, 3.05) is 0 Å². The Morgan fingerprint density at radius 1 is 0.824 bits per heavy atom. The minimum Gasteiger partial charge on any atom is -0.299 e. The van der Waals surface area contributed by atoms with Crippen molar-refractivity contribution in [3.05, 3.63) is 0 Å². The molecule has 2 aliphatic rings. The van der Waals surface area contributed by atoms with E-state index in [0.29, 0.717) is 11.8 Å². The van der Waals surface area contributed by atoms with E-state index in [1.54, 1.807) is 0 Å². The minimum absolute atomic E-state index is 0.177. The zero-order valence-electron chi connectivity index (χ0n) is 11.1. The molecule has 0 saturated heterocycles. The van der Waals surface area contributed by atoms with Gasteiger partial charge in [0.25, 0.3) is 0 Å². The quantitative estimate of drug-likeness (QED) is 0.701. The van der Waals surface area contributed by atoms with Crippen LogP contribution in [0.25, 0.3) is 0 Å². The normalized spacial score (nSPS) is 37.3. The average molecular weight is 236 g/mol. The molecule has 4 unspecified atom stereocenters. The zero-order valence-corrected chi connectivity index (χ0v) is 11.1. The summed E-state index contributed by atoms with van der Waals surface area (Å²) in [6, 6.07) is 0. The van der Waals surface area contributed by atoms with Crippen LogP contribution in [0.2, 0.25) is 0 Å². The minimum atomic E-state index is 0.177. The summed E-state index contributed by atoms with van der Waals surface area (Å²) in [7, 11) is 0. The van der Waals surface area contributed by atoms with Crippen LogP contribution in [0.1, 0.15) is 58.8 Å². The van der Waals surface area contributed by atoms with Crippen molar-refractivity contribution in [3.8, 4) is 0 Å². The molecule has 0 aromatic rings. The Kier molecular flexibility index (Phi) is 4.01. The third-order valence-corrected chi connectivity index (χ3v) is 4.90. The van der Waals surface area contributed by atoms with E-state index in [0.717, 1.165) is 38.5 Å². The summed E-state index contributed by atoms with van der Waals surface area (Å²) in [4.78, 5) is 24.2. The molecule has 17 heavy (non-hydrogen) atoms. The molecule has 0 radical (unpaired) electrons. The van der Waals surface area contributed by atoms with Gasteiger partial charge in [-0.15, -0.1) is 0 Å². The van der Waals surface area contributed by atoms with Crippen LogP contribution in [0.3, 0.4) is 0 Å². The van der Waals surface area contributed by atoms with E-state index >= 15 is 0 Å². The van der Waals surface area contributed by atoms with E-state index in [1.165, 1.54) is 0 Å².